The number of ether oxygens (including phenoxy) is 1. The van der Waals surface area contributed by atoms with Crippen LogP contribution in [0.25, 0.3) is 0 Å². The van der Waals surface area contributed by atoms with Gasteiger partial charge in [0.1, 0.15) is 5.82 Å². The van der Waals surface area contributed by atoms with Gasteiger partial charge in [0.15, 0.2) is 0 Å². The lowest BCUT2D eigenvalue weighted by molar-refractivity contribution is 0.0697. The second kappa shape index (κ2) is 13.8. The molecule has 1 aromatic rings. The molecule has 0 aliphatic heterocycles. The van der Waals surface area contributed by atoms with Crippen molar-refractivity contribution in [3.8, 4) is 6.07 Å². The van der Waals surface area contributed by atoms with Gasteiger partial charge in [-0.2, -0.15) is 5.26 Å². The average Bonchev–Trinajstić information content (AvgIpc) is 2.62. The fourth-order valence-corrected chi connectivity index (χ4v) is 2.83. The SMILES string of the molecule is CCCCCCCCCCC[CH][C@@H](C)OCc1ccc(C#N)cc1F. The summed E-state index contributed by atoms with van der Waals surface area (Å²) in [6.07, 6.45) is 15.2. The zero-order valence-electron chi connectivity index (χ0n) is 15.9. The summed E-state index contributed by atoms with van der Waals surface area (Å²) in [5.41, 5.74) is 0.841. The van der Waals surface area contributed by atoms with E-state index < -0.39 is 0 Å². The van der Waals surface area contributed by atoms with Crippen molar-refractivity contribution in [3.63, 3.8) is 0 Å². The third-order valence-electron chi connectivity index (χ3n) is 4.49. The summed E-state index contributed by atoms with van der Waals surface area (Å²) in [5, 5.41) is 8.74. The molecule has 1 aromatic carbocycles. The van der Waals surface area contributed by atoms with E-state index in [9.17, 15) is 4.39 Å². The number of benzene rings is 1. The fraction of sp³-hybridized carbons (Fsp3) is 0.636. The van der Waals surface area contributed by atoms with Gasteiger partial charge < -0.3 is 4.74 Å². The van der Waals surface area contributed by atoms with Crippen LogP contribution in [-0.4, -0.2) is 6.10 Å². The van der Waals surface area contributed by atoms with Crippen LogP contribution >= 0.6 is 0 Å². The summed E-state index contributed by atoms with van der Waals surface area (Å²) in [4.78, 5) is 0. The average molecular weight is 347 g/mol. The molecule has 0 fully saturated rings. The van der Waals surface area contributed by atoms with Crippen molar-refractivity contribution in [1.29, 1.82) is 5.26 Å². The number of hydrogen-bond acceptors (Lipinski definition) is 2. The van der Waals surface area contributed by atoms with Crippen LogP contribution in [0.3, 0.4) is 0 Å². The van der Waals surface area contributed by atoms with E-state index in [0.717, 1.165) is 6.42 Å². The van der Waals surface area contributed by atoms with E-state index in [0.29, 0.717) is 11.1 Å². The first-order valence-corrected chi connectivity index (χ1v) is 9.80. The van der Waals surface area contributed by atoms with E-state index in [2.05, 4.69) is 13.3 Å². The lowest BCUT2D eigenvalue weighted by atomic mass is 10.0. The second-order valence-corrected chi connectivity index (χ2v) is 6.79. The Balaban J connectivity index is 2.02. The number of nitriles is 1. The Morgan fingerprint density at radius 2 is 1.72 bits per heavy atom. The summed E-state index contributed by atoms with van der Waals surface area (Å²) in [7, 11) is 0. The molecule has 0 aliphatic rings. The molecule has 25 heavy (non-hydrogen) atoms. The van der Waals surface area contributed by atoms with Crippen molar-refractivity contribution in [1.82, 2.24) is 0 Å². The first-order chi connectivity index (χ1) is 12.2. The van der Waals surface area contributed by atoms with E-state index >= 15 is 0 Å². The number of nitrogens with zero attached hydrogens (tertiary/aromatic N) is 1. The van der Waals surface area contributed by atoms with Crippen LogP contribution in [0.2, 0.25) is 0 Å². The van der Waals surface area contributed by atoms with Crippen LogP contribution in [0.5, 0.6) is 0 Å². The summed E-state index contributed by atoms with van der Waals surface area (Å²) < 4.78 is 19.5. The van der Waals surface area contributed by atoms with Gasteiger partial charge in [-0.05, 0) is 31.9 Å². The lowest BCUT2D eigenvalue weighted by Gasteiger charge is -2.13. The van der Waals surface area contributed by atoms with Crippen molar-refractivity contribution in [2.75, 3.05) is 0 Å². The monoisotopic (exact) mass is 346 g/mol. The van der Waals surface area contributed by atoms with Crippen LogP contribution in [0, 0.1) is 23.6 Å². The Hall–Kier alpha value is -1.40. The quantitative estimate of drug-likeness (QED) is 0.350. The van der Waals surface area contributed by atoms with Gasteiger partial charge >= 0.3 is 0 Å². The topological polar surface area (TPSA) is 33.0 Å². The highest BCUT2D eigenvalue weighted by atomic mass is 19.1. The largest absolute Gasteiger partial charge is 0.373 e. The summed E-state index contributed by atoms with van der Waals surface area (Å²) >= 11 is 0. The minimum absolute atomic E-state index is 0.0177. The Morgan fingerprint density at radius 1 is 1.08 bits per heavy atom. The van der Waals surface area contributed by atoms with Gasteiger partial charge in [-0.1, -0.05) is 70.8 Å². The van der Waals surface area contributed by atoms with Crippen LogP contribution in [0.15, 0.2) is 18.2 Å². The number of unbranched alkanes of at least 4 members (excludes halogenated alkanes) is 9. The molecule has 0 saturated heterocycles. The van der Waals surface area contributed by atoms with Crippen LogP contribution in [-0.2, 0) is 11.3 Å². The van der Waals surface area contributed by atoms with Crippen LogP contribution in [0.4, 0.5) is 4.39 Å². The number of hydrogen-bond donors (Lipinski definition) is 0. The van der Waals surface area contributed by atoms with Crippen LogP contribution < -0.4 is 0 Å². The molecule has 0 amide bonds. The predicted octanol–water partition coefficient (Wildman–Crippen LogP) is 6.73. The molecule has 1 atom stereocenters. The van der Waals surface area contributed by atoms with Gasteiger partial charge in [0.25, 0.3) is 0 Å². The molecule has 1 rings (SSSR count). The highest BCUT2D eigenvalue weighted by molar-refractivity contribution is 5.32. The molecule has 0 saturated carbocycles. The van der Waals surface area contributed by atoms with Crippen LogP contribution in [0.1, 0.15) is 89.2 Å². The molecule has 139 valence electrons. The molecule has 0 N–H and O–H groups in total. The van der Waals surface area contributed by atoms with Crippen molar-refractivity contribution >= 4 is 0 Å². The molecule has 0 aromatic heterocycles. The molecule has 3 heteroatoms. The Morgan fingerprint density at radius 3 is 2.32 bits per heavy atom. The van der Waals surface area contributed by atoms with Crippen molar-refractivity contribution in [3.05, 3.63) is 41.6 Å². The smallest absolute Gasteiger partial charge is 0.130 e. The fourth-order valence-electron chi connectivity index (χ4n) is 2.83. The minimum atomic E-state index is -0.370. The maximum Gasteiger partial charge on any atom is 0.130 e. The number of halogens is 1. The molecular formula is C22H33FNO. The highest BCUT2D eigenvalue weighted by Gasteiger charge is 2.07. The standard InChI is InChI=1S/C22H33FNO/c1-3-4-5-6-7-8-9-10-11-12-13-19(2)25-18-21-15-14-20(17-24)16-22(21)23/h13-16,19H,3-12,18H2,1-2H3/t19-/m1/s1. The lowest BCUT2D eigenvalue weighted by Crippen LogP contribution is -2.09. The zero-order valence-corrected chi connectivity index (χ0v) is 15.9. The third-order valence-corrected chi connectivity index (χ3v) is 4.49. The Bertz CT molecular complexity index is 509. The summed E-state index contributed by atoms with van der Waals surface area (Å²) in [6.45, 7) is 4.49. The normalized spacial score (nSPS) is 12.1. The molecule has 0 bridgehead atoms. The van der Waals surface area contributed by atoms with Gasteiger partial charge in [-0.25, -0.2) is 4.39 Å². The Kier molecular flexibility index (Phi) is 12.0. The third kappa shape index (κ3) is 10.2. The van der Waals surface area contributed by atoms with E-state index in [1.54, 1.807) is 12.1 Å². The zero-order chi connectivity index (χ0) is 18.3. The molecule has 0 spiro atoms. The molecule has 2 nitrogen and oxygen atoms in total. The van der Waals surface area contributed by atoms with Crippen molar-refractivity contribution in [2.24, 2.45) is 0 Å². The Labute approximate surface area is 153 Å². The van der Waals surface area contributed by atoms with Gasteiger partial charge in [-0.3, -0.25) is 0 Å². The first-order valence-electron chi connectivity index (χ1n) is 9.80. The first kappa shape index (κ1) is 21.6. The maximum atomic E-state index is 13.8. The van der Waals surface area contributed by atoms with E-state index in [1.165, 1.54) is 63.9 Å². The molecule has 0 unspecified atom stereocenters. The number of rotatable bonds is 14. The molecule has 1 radical (unpaired) electrons. The summed E-state index contributed by atoms with van der Waals surface area (Å²) in [5.74, 6) is -0.370. The molecule has 0 heterocycles. The molecular weight excluding hydrogens is 313 g/mol. The van der Waals surface area contributed by atoms with E-state index in [1.807, 2.05) is 13.0 Å². The summed E-state index contributed by atoms with van der Waals surface area (Å²) in [6, 6.07) is 6.44. The van der Waals surface area contributed by atoms with Gasteiger partial charge in [0, 0.05) is 5.56 Å². The van der Waals surface area contributed by atoms with Crippen molar-refractivity contribution in [2.45, 2.75) is 90.8 Å². The minimum Gasteiger partial charge on any atom is -0.373 e. The van der Waals surface area contributed by atoms with Crippen molar-refractivity contribution < 1.29 is 9.13 Å². The second-order valence-electron chi connectivity index (χ2n) is 6.79. The predicted molar refractivity (Wildman–Crippen MR) is 102 cm³/mol. The maximum absolute atomic E-state index is 13.8. The molecule has 0 aliphatic carbocycles. The highest BCUT2D eigenvalue weighted by Crippen LogP contribution is 2.15. The van der Waals surface area contributed by atoms with Gasteiger partial charge in [0.05, 0.1) is 24.3 Å². The van der Waals surface area contributed by atoms with Gasteiger partial charge in [0.2, 0.25) is 0 Å². The van der Waals surface area contributed by atoms with E-state index in [4.69, 9.17) is 10.00 Å². The van der Waals surface area contributed by atoms with E-state index in [-0.39, 0.29) is 18.5 Å². The van der Waals surface area contributed by atoms with Gasteiger partial charge in [-0.15, -0.1) is 0 Å².